The molecular formula is C10H14F2O2. The Kier molecular flexibility index (Phi) is 3.61. The molecule has 0 aromatic carbocycles. The van der Waals surface area contributed by atoms with Gasteiger partial charge in [0.2, 0.25) is 0 Å². The molecule has 4 heteroatoms. The van der Waals surface area contributed by atoms with Crippen LogP contribution in [0.5, 0.6) is 0 Å². The second kappa shape index (κ2) is 4.53. The van der Waals surface area contributed by atoms with Crippen molar-refractivity contribution in [1.29, 1.82) is 0 Å². The minimum atomic E-state index is -2.00. The van der Waals surface area contributed by atoms with Crippen LogP contribution >= 0.6 is 0 Å². The number of hydrogen-bond acceptors (Lipinski definition) is 2. The molecule has 0 aromatic rings. The van der Waals surface area contributed by atoms with Crippen LogP contribution in [0.15, 0.2) is 12.2 Å². The number of carbonyl (C=O) groups is 1. The van der Waals surface area contributed by atoms with Gasteiger partial charge < -0.3 is 4.74 Å². The van der Waals surface area contributed by atoms with Gasteiger partial charge in [0.1, 0.15) is 5.60 Å². The maximum absolute atomic E-state index is 11.7. The van der Waals surface area contributed by atoms with E-state index in [1.165, 1.54) is 0 Å². The molecule has 0 aromatic heterocycles. The van der Waals surface area contributed by atoms with Gasteiger partial charge in [-0.3, -0.25) is 0 Å². The van der Waals surface area contributed by atoms with Crippen molar-refractivity contribution in [2.24, 2.45) is 0 Å². The fourth-order valence-corrected chi connectivity index (χ4v) is 1.88. The Morgan fingerprint density at radius 3 is 2.43 bits per heavy atom. The van der Waals surface area contributed by atoms with Crippen molar-refractivity contribution in [1.82, 2.24) is 0 Å². The fraction of sp³-hybridized carbons (Fsp3) is 0.700. The Morgan fingerprint density at radius 2 is 2.00 bits per heavy atom. The average Bonchev–Trinajstić information content (AvgIpc) is 2.52. The molecule has 1 aliphatic rings. The van der Waals surface area contributed by atoms with E-state index in [1.807, 2.05) is 6.92 Å². The van der Waals surface area contributed by atoms with E-state index in [0.717, 1.165) is 25.7 Å². The third kappa shape index (κ3) is 2.79. The molecule has 0 radical (unpaired) electrons. The standard InChI is InChI=1S/C10H14F2O2/c1-2-10(5-3-4-6-10)14-9(13)7-8(11)12/h7H,2-6H2,1H3. The summed E-state index contributed by atoms with van der Waals surface area (Å²) in [5.41, 5.74) is -0.483. The van der Waals surface area contributed by atoms with Crippen LogP contribution in [0, 0.1) is 0 Å². The van der Waals surface area contributed by atoms with Gasteiger partial charge in [0, 0.05) is 0 Å². The van der Waals surface area contributed by atoms with E-state index in [9.17, 15) is 13.6 Å². The lowest BCUT2D eigenvalue weighted by atomic mass is 9.99. The van der Waals surface area contributed by atoms with Gasteiger partial charge in [-0.2, -0.15) is 8.78 Å². The van der Waals surface area contributed by atoms with Gasteiger partial charge in [-0.05, 0) is 32.1 Å². The summed E-state index contributed by atoms with van der Waals surface area (Å²) in [4.78, 5) is 11.0. The van der Waals surface area contributed by atoms with Gasteiger partial charge in [-0.25, -0.2) is 4.79 Å². The Labute approximate surface area is 81.9 Å². The molecule has 0 saturated heterocycles. The summed E-state index contributed by atoms with van der Waals surface area (Å²) < 4.78 is 28.6. The van der Waals surface area contributed by atoms with E-state index < -0.39 is 17.7 Å². The number of hydrogen-bond donors (Lipinski definition) is 0. The third-order valence-electron chi connectivity index (χ3n) is 2.70. The van der Waals surface area contributed by atoms with E-state index >= 15 is 0 Å². The van der Waals surface area contributed by atoms with Crippen LogP contribution in [0.25, 0.3) is 0 Å². The van der Waals surface area contributed by atoms with Crippen molar-refractivity contribution in [3.63, 3.8) is 0 Å². The smallest absolute Gasteiger partial charge is 0.336 e. The first-order valence-corrected chi connectivity index (χ1v) is 4.84. The topological polar surface area (TPSA) is 26.3 Å². The summed E-state index contributed by atoms with van der Waals surface area (Å²) >= 11 is 0. The van der Waals surface area contributed by atoms with Crippen molar-refractivity contribution < 1.29 is 18.3 Å². The normalized spacial score (nSPS) is 19.1. The largest absolute Gasteiger partial charge is 0.456 e. The van der Waals surface area contributed by atoms with Gasteiger partial charge >= 0.3 is 5.97 Å². The number of ether oxygens (including phenoxy) is 1. The predicted octanol–water partition coefficient (Wildman–Crippen LogP) is 3.03. The number of esters is 1. The predicted molar refractivity (Wildman–Crippen MR) is 47.9 cm³/mol. The van der Waals surface area contributed by atoms with Crippen molar-refractivity contribution in [2.75, 3.05) is 0 Å². The zero-order valence-corrected chi connectivity index (χ0v) is 8.19. The van der Waals surface area contributed by atoms with E-state index in [4.69, 9.17) is 4.74 Å². The highest BCUT2D eigenvalue weighted by molar-refractivity contribution is 5.82. The molecule has 0 atom stereocenters. The Hall–Kier alpha value is -0.930. The van der Waals surface area contributed by atoms with Gasteiger partial charge in [-0.15, -0.1) is 0 Å². The third-order valence-corrected chi connectivity index (χ3v) is 2.70. The highest BCUT2D eigenvalue weighted by Crippen LogP contribution is 2.36. The van der Waals surface area contributed by atoms with Gasteiger partial charge in [0.25, 0.3) is 6.08 Å². The van der Waals surface area contributed by atoms with E-state index in [0.29, 0.717) is 6.42 Å². The molecule has 1 saturated carbocycles. The second-order valence-corrected chi connectivity index (χ2v) is 3.60. The molecular weight excluding hydrogens is 190 g/mol. The van der Waals surface area contributed by atoms with Crippen molar-refractivity contribution in [3.8, 4) is 0 Å². The monoisotopic (exact) mass is 204 g/mol. The van der Waals surface area contributed by atoms with E-state index in [1.54, 1.807) is 0 Å². The van der Waals surface area contributed by atoms with Crippen LogP contribution in [0.1, 0.15) is 39.0 Å². The van der Waals surface area contributed by atoms with Crippen LogP contribution in [0.2, 0.25) is 0 Å². The summed E-state index contributed by atoms with van der Waals surface area (Å²) in [5, 5.41) is 0. The summed E-state index contributed by atoms with van der Waals surface area (Å²) in [5.74, 6) is -0.922. The molecule has 0 spiro atoms. The highest BCUT2D eigenvalue weighted by Gasteiger charge is 2.35. The lowest BCUT2D eigenvalue weighted by molar-refractivity contribution is -0.153. The molecule has 2 nitrogen and oxygen atoms in total. The molecule has 1 aliphatic carbocycles. The lowest BCUT2D eigenvalue weighted by Crippen LogP contribution is -2.30. The first-order valence-electron chi connectivity index (χ1n) is 4.84. The maximum Gasteiger partial charge on any atom is 0.336 e. The SMILES string of the molecule is CCC1(OC(=O)C=C(F)F)CCCC1. The van der Waals surface area contributed by atoms with E-state index in [-0.39, 0.29) is 6.08 Å². The van der Waals surface area contributed by atoms with Gasteiger partial charge in [0.05, 0.1) is 6.08 Å². The number of carbonyl (C=O) groups excluding carboxylic acids is 1. The zero-order valence-electron chi connectivity index (χ0n) is 8.19. The first kappa shape index (κ1) is 11.1. The molecule has 1 rings (SSSR count). The Bertz CT molecular complexity index is 239. The zero-order chi connectivity index (χ0) is 10.6. The summed E-state index contributed by atoms with van der Waals surface area (Å²) in [7, 11) is 0. The first-order chi connectivity index (χ1) is 6.58. The minimum absolute atomic E-state index is 0.246. The van der Waals surface area contributed by atoms with Crippen molar-refractivity contribution in [3.05, 3.63) is 12.2 Å². The van der Waals surface area contributed by atoms with Gasteiger partial charge in [-0.1, -0.05) is 6.92 Å². The molecule has 0 N–H and O–H groups in total. The Balaban J connectivity index is 2.56. The summed E-state index contributed by atoms with van der Waals surface area (Å²) in [6.45, 7) is 1.91. The molecule has 0 amide bonds. The van der Waals surface area contributed by atoms with Crippen LogP contribution < -0.4 is 0 Å². The molecule has 0 aliphatic heterocycles. The highest BCUT2D eigenvalue weighted by atomic mass is 19.3. The average molecular weight is 204 g/mol. The quantitative estimate of drug-likeness (QED) is 0.521. The maximum atomic E-state index is 11.7. The molecule has 0 unspecified atom stereocenters. The molecule has 80 valence electrons. The summed E-state index contributed by atoms with van der Waals surface area (Å²) in [6, 6.07) is 0. The van der Waals surface area contributed by atoms with Crippen LogP contribution in [-0.4, -0.2) is 11.6 Å². The number of rotatable bonds is 3. The van der Waals surface area contributed by atoms with Gasteiger partial charge in [0.15, 0.2) is 0 Å². The summed E-state index contributed by atoms with van der Waals surface area (Å²) in [6.07, 6.45) is 2.52. The molecule has 0 bridgehead atoms. The number of halogens is 2. The van der Waals surface area contributed by atoms with E-state index in [2.05, 4.69) is 0 Å². The van der Waals surface area contributed by atoms with Crippen molar-refractivity contribution in [2.45, 2.75) is 44.6 Å². The Morgan fingerprint density at radius 1 is 1.43 bits per heavy atom. The molecule has 1 fully saturated rings. The van der Waals surface area contributed by atoms with Crippen LogP contribution in [-0.2, 0) is 9.53 Å². The van der Waals surface area contributed by atoms with Crippen molar-refractivity contribution >= 4 is 5.97 Å². The van der Waals surface area contributed by atoms with Crippen LogP contribution in [0.3, 0.4) is 0 Å². The van der Waals surface area contributed by atoms with Crippen LogP contribution in [0.4, 0.5) is 8.78 Å². The molecule has 0 heterocycles. The minimum Gasteiger partial charge on any atom is -0.456 e. The lowest BCUT2D eigenvalue weighted by Gasteiger charge is -2.26. The molecule has 14 heavy (non-hydrogen) atoms. The fourth-order valence-electron chi connectivity index (χ4n) is 1.88. The second-order valence-electron chi connectivity index (χ2n) is 3.60.